The van der Waals surface area contributed by atoms with Gasteiger partial charge in [0.05, 0.1) is 18.5 Å². The lowest BCUT2D eigenvalue weighted by molar-refractivity contribution is -0.121. The SMILES string of the molecule is COc1ccc(N2C(=O)CC(Sc3nc4c(c(-c5ccccc5)n3)CCCC4)C2=O)cc1. The number of rotatable bonds is 5. The number of carbonyl (C=O) groups is 2. The monoisotopic (exact) mass is 445 g/mol. The summed E-state index contributed by atoms with van der Waals surface area (Å²) in [6, 6.07) is 17.1. The van der Waals surface area contributed by atoms with Crippen molar-refractivity contribution in [3.8, 4) is 17.0 Å². The van der Waals surface area contributed by atoms with Crippen LogP contribution < -0.4 is 9.64 Å². The third kappa shape index (κ3) is 3.88. The molecule has 1 fully saturated rings. The van der Waals surface area contributed by atoms with E-state index in [2.05, 4.69) is 12.1 Å². The molecule has 0 saturated carbocycles. The molecule has 2 amide bonds. The van der Waals surface area contributed by atoms with Crippen LogP contribution in [0, 0.1) is 0 Å². The molecule has 2 aromatic carbocycles. The Balaban J connectivity index is 1.44. The zero-order chi connectivity index (χ0) is 22.1. The summed E-state index contributed by atoms with van der Waals surface area (Å²) in [5.74, 6) is 0.237. The first-order chi connectivity index (χ1) is 15.6. The van der Waals surface area contributed by atoms with Crippen molar-refractivity contribution in [3.05, 3.63) is 65.9 Å². The highest BCUT2D eigenvalue weighted by Crippen LogP contribution is 2.36. The Morgan fingerprint density at radius 3 is 2.47 bits per heavy atom. The third-order valence-corrected chi connectivity index (χ3v) is 6.94. The number of ether oxygens (including phenoxy) is 1. The van der Waals surface area contributed by atoms with Crippen LogP contribution in [0.1, 0.15) is 30.5 Å². The summed E-state index contributed by atoms with van der Waals surface area (Å²) in [4.78, 5) is 36.7. The number of thioether (sulfide) groups is 1. The smallest absolute Gasteiger partial charge is 0.247 e. The van der Waals surface area contributed by atoms with Gasteiger partial charge in [-0.3, -0.25) is 9.59 Å². The number of nitrogens with zero attached hydrogens (tertiary/aromatic N) is 3. The van der Waals surface area contributed by atoms with Crippen molar-refractivity contribution >= 4 is 29.3 Å². The van der Waals surface area contributed by atoms with E-state index in [1.165, 1.54) is 22.2 Å². The molecule has 1 aliphatic carbocycles. The zero-order valence-electron chi connectivity index (χ0n) is 17.8. The number of amides is 2. The maximum atomic E-state index is 13.1. The second-order valence-electron chi connectivity index (χ2n) is 7.93. The molecular formula is C25H23N3O3S. The minimum Gasteiger partial charge on any atom is -0.497 e. The van der Waals surface area contributed by atoms with Crippen LogP contribution in [-0.2, 0) is 22.4 Å². The lowest BCUT2D eigenvalue weighted by atomic mass is 9.92. The van der Waals surface area contributed by atoms with Crippen molar-refractivity contribution in [2.45, 2.75) is 42.5 Å². The van der Waals surface area contributed by atoms with Crippen LogP contribution in [0.4, 0.5) is 5.69 Å². The molecule has 1 atom stereocenters. The van der Waals surface area contributed by atoms with E-state index < -0.39 is 5.25 Å². The molecule has 162 valence electrons. The fraction of sp³-hybridized carbons (Fsp3) is 0.280. The van der Waals surface area contributed by atoms with Crippen LogP contribution in [0.15, 0.2) is 59.8 Å². The molecule has 0 spiro atoms. The van der Waals surface area contributed by atoms with E-state index in [1.54, 1.807) is 31.4 Å². The molecule has 1 saturated heterocycles. The number of hydrogen-bond acceptors (Lipinski definition) is 6. The number of methoxy groups -OCH3 is 1. The van der Waals surface area contributed by atoms with Crippen molar-refractivity contribution in [2.75, 3.05) is 12.0 Å². The average molecular weight is 446 g/mol. The summed E-state index contributed by atoms with van der Waals surface area (Å²) in [5, 5.41) is 0.0297. The Kier molecular flexibility index (Phi) is 5.66. The third-order valence-electron chi connectivity index (χ3n) is 5.89. The Hall–Kier alpha value is -3.19. The molecule has 0 N–H and O–H groups in total. The molecule has 3 aromatic rings. The standard InChI is InChI=1S/C25H23N3O3S/c1-31-18-13-11-17(12-14-18)28-22(29)15-21(24(28)30)32-25-26-20-10-6-5-9-19(20)23(27-25)16-7-3-2-4-8-16/h2-4,7-8,11-14,21H,5-6,9-10,15H2,1H3. The normalized spacial score (nSPS) is 18.0. The van der Waals surface area contributed by atoms with Gasteiger partial charge in [-0.1, -0.05) is 42.1 Å². The van der Waals surface area contributed by atoms with Gasteiger partial charge < -0.3 is 4.74 Å². The van der Waals surface area contributed by atoms with Crippen molar-refractivity contribution in [1.82, 2.24) is 9.97 Å². The first-order valence-electron chi connectivity index (χ1n) is 10.8. The largest absolute Gasteiger partial charge is 0.497 e. The molecule has 2 heterocycles. The number of imide groups is 1. The lowest BCUT2D eigenvalue weighted by Crippen LogP contribution is -2.31. The minimum absolute atomic E-state index is 0.136. The lowest BCUT2D eigenvalue weighted by Gasteiger charge is -2.20. The van der Waals surface area contributed by atoms with Crippen LogP contribution in [0.25, 0.3) is 11.3 Å². The van der Waals surface area contributed by atoms with E-state index in [1.807, 2.05) is 18.2 Å². The molecule has 6 nitrogen and oxygen atoms in total. The fourth-order valence-corrected chi connectivity index (χ4v) is 5.28. The van der Waals surface area contributed by atoms with Crippen molar-refractivity contribution in [3.63, 3.8) is 0 Å². The van der Waals surface area contributed by atoms with Crippen LogP contribution >= 0.6 is 11.8 Å². The molecule has 0 radical (unpaired) electrons. The number of aromatic nitrogens is 2. The van der Waals surface area contributed by atoms with E-state index in [-0.39, 0.29) is 18.2 Å². The predicted molar refractivity (Wildman–Crippen MR) is 124 cm³/mol. The molecule has 0 bridgehead atoms. The average Bonchev–Trinajstić information content (AvgIpc) is 3.11. The number of hydrogen-bond donors (Lipinski definition) is 0. The summed E-state index contributed by atoms with van der Waals surface area (Å²) < 4.78 is 5.17. The molecule has 2 aliphatic rings. The molecule has 1 aliphatic heterocycles. The summed E-state index contributed by atoms with van der Waals surface area (Å²) in [6.07, 6.45) is 4.26. The van der Waals surface area contributed by atoms with Crippen molar-refractivity contribution in [1.29, 1.82) is 0 Å². The first-order valence-corrected chi connectivity index (χ1v) is 11.6. The minimum atomic E-state index is -0.533. The van der Waals surface area contributed by atoms with Crippen molar-refractivity contribution in [2.24, 2.45) is 0 Å². The second kappa shape index (κ2) is 8.74. The second-order valence-corrected chi connectivity index (χ2v) is 9.10. The van der Waals surface area contributed by atoms with Gasteiger partial charge in [0.25, 0.3) is 0 Å². The van der Waals surface area contributed by atoms with Crippen molar-refractivity contribution < 1.29 is 14.3 Å². The van der Waals surface area contributed by atoms with Gasteiger partial charge in [0.1, 0.15) is 11.0 Å². The molecule has 1 aromatic heterocycles. The highest BCUT2D eigenvalue weighted by atomic mass is 32.2. The van der Waals surface area contributed by atoms with Gasteiger partial charge >= 0.3 is 0 Å². The topological polar surface area (TPSA) is 72.4 Å². The number of aryl methyl sites for hydroxylation is 1. The number of carbonyl (C=O) groups excluding carboxylic acids is 2. The number of benzene rings is 2. The van der Waals surface area contributed by atoms with Crippen LogP contribution in [0.3, 0.4) is 0 Å². The Morgan fingerprint density at radius 2 is 1.72 bits per heavy atom. The maximum Gasteiger partial charge on any atom is 0.247 e. The van der Waals surface area contributed by atoms with E-state index >= 15 is 0 Å². The Bertz CT molecular complexity index is 1170. The van der Waals surface area contributed by atoms with E-state index in [0.29, 0.717) is 16.6 Å². The number of fused-ring (bicyclic) bond motifs is 1. The summed E-state index contributed by atoms with van der Waals surface area (Å²) in [7, 11) is 1.58. The quantitative estimate of drug-likeness (QED) is 0.427. The maximum absolute atomic E-state index is 13.1. The molecule has 7 heteroatoms. The fourth-order valence-electron chi connectivity index (χ4n) is 4.28. The van der Waals surface area contributed by atoms with Gasteiger partial charge in [-0.25, -0.2) is 14.9 Å². The van der Waals surface area contributed by atoms with Gasteiger partial charge in [-0.15, -0.1) is 0 Å². The van der Waals surface area contributed by atoms with Crippen LogP contribution in [-0.4, -0.2) is 34.1 Å². The number of anilines is 1. The Labute approximate surface area is 191 Å². The van der Waals surface area contributed by atoms with Gasteiger partial charge in [-0.2, -0.15) is 0 Å². The molecule has 32 heavy (non-hydrogen) atoms. The van der Waals surface area contributed by atoms with E-state index in [9.17, 15) is 9.59 Å². The van der Waals surface area contributed by atoms with Crippen LogP contribution in [0.2, 0.25) is 0 Å². The first kappa shape index (κ1) is 20.7. The van der Waals surface area contributed by atoms with Gasteiger partial charge in [0.2, 0.25) is 11.8 Å². The van der Waals surface area contributed by atoms with Crippen LogP contribution in [0.5, 0.6) is 5.75 Å². The zero-order valence-corrected chi connectivity index (χ0v) is 18.6. The summed E-state index contributed by atoms with van der Waals surface area (Å²) >= 11 is 1.29. The Morgan fingerprint density at radius 1 is 0.969 bits per heavy atom. The summed E-state index contributed by atoms with van der Waals surface area (Å²) in [5.41, 5.74) is 4.84. The highest BCUT2D eigenvalue weighted by molar-refractivity contribution is 8.00. The molecule has 5 rings (SSSR count). The molecular weight excluding hydrogens is 422 g/mol. The molecule has 1 unspecified atom stereocenters. The van der Waals surface area contributed by atoms with E-state index in [4.69, 9.17) is 14.7 Å². The predicted octanol–water partition coefficient (Wildman–Crippen LogP) is 4.46. The van der Waals surface area contributed by atoms with Gasteiger partial charge in [0.15, 0.2) is 5.16 Å². The summed E-state index contributed by atoms with van der Waals surface area (Å²) in [6.45, 7) is 0. The highest BCUT2D eigenvalue weighted by Gasteiger charge is 2.41. The van der Waals surface area contributed by atoms with E-state index in [0.717, 1.165) is 42.6 Å². The van der Waals surface area contributed by atoms with Gasteiger partial charge in [0, 0.05) is 23.2 Å². The van der Waals surface area contributed by atoms with Gasteiger partial charge in [-0.05, 0) is 49.9 Å².